The van der Waals surface area contributed by atoms with Crippen molar-refractivity contribution in [1.29, 1.82) is 0 Å². The van der Waals surface area contributed by atoms with Crippen molar-refractivity contribution >= 4 is 52.5 Å². The van der Waals surface area contributed by atoms with Crippen LogP contribution >= 0.6 is 22.9 Å². The molecule has 4 rings (SSSR count). The Kier molecular flexibility index (Phi) is 8.30. The van der Waals surface area contributed by atoms with Crippen LogP contribution in [0, 0.1) is 0 Å². The van der Waals surface area contributed by atoms with Crippen molar-refractivity contribution in [3.63, 3.8) is 0 Å². The molecule has 2 aliphatic heterocycles. The average molecular weight is 548 g/mol. The standard InChI is InChI=1S/C24H30ClN7O4S/c1-30(2)24(36)32-9-6-16(27-22(34)23(35)29-20-5-4-15(25)11-26-20)17(13-32)28-21(33)19-10-14-12-31(3)8-7-18(14)37-19/h4-5,10-11,16-17H,6-9,12-13H2,1-3H3,(H,27,34)(H,28,33)(H,26,29,35)/t16-,17+/m0/s1. The lowest BCUT2D eigenvalue weighted by Crippen LogP contribution is -2.63. The molecule has 2 aliphatic rings. The number of nitrogens with one attached hydrogen (secondary N) is 3. The molecule has 5 amide bonds. The van der Waals surface area contributed by atoms with Gasteiger partial charge in [0.1, 0.15) is 5.82 Å². The van der Waals surface area contributed by atoms with Crippen molar-refractivity contribution in [3.05, 3.63) is 44.7 Å². The van der Waals surface area contributed by atoms with Gasteiger partial charge in [0, 0.05) is 51.3 Å². The van der Waals surface area contributed by atoms with E-state index in [0.29, 0.717) is 22.9 Å². The Bertz CT molecular complexity index is 1190. The monoisotopic (exact) mass is 547 g/mol. The number of thiophene rings is 1. The number of carbonyl (C=O) groups is 4. The molecule has 2 atom stereocenters. The molecule has 0 aromatic carbocycles. The van der Waals surface area contributed by atoms with Crippen LogP contribution in [0.5, 0.6) is 0 Å². The number of halogens is 1. The number of amides is 5. The molecule has 2 aromatic rings. The van der Waals surface area contributed by atoms with E-state index in [1.54, 1.807) is 25.1 Å². The maximum absolute atomic E-state index is 13.2. The van der Waals surface area contributed by atoms with Gasteiger partial charge in [-0.15, -0.1) is 11.3 Å². The lowest BCUT2D eigenvalue weighted by molar-refractivity contribution is -0.136. The van der Waals surface area contributed by atoms with E-state index in [1.807, 2.05) is 13.1 Å². The van der Waals surface area contributed by atoms with E-state index in [1.165, 1.54) is 33.4 Å². The Morgan fingerprint density at radius 3 is 2.59 bits per heavy atom. The lowest BCUT2D eigenvalue weighted by Gasteiger charge is -2.39. The van der Waals surface area contributed by atoms with Crippen LogP contribution in [-0.4, -0.2) is 96.3 Å². The van der Waals surface area contributed by atoms with Crippen LogP contribution in [0.1, 0.15) is 26.5 Å². The molecule has 1 fully saturated rings. The first-order valence-corrected chi connectivity index (χ1v) is 13.1. The van der Waals surface area contributed by atoms with Crippen molar-refractivity contribution in [2.24, 2.45) is 0 Å². The van der Waals surface area contributed by atoms with Gasteiger partial charge in [0.05, 0.1) is 22.0 Å². The van der Waals surface area contributed by atoms with Gasteiger partial charge in [-0.1, -0.05) is 11.6 Å². The molecule has 1 saturated heterocycles. The molecule has 0 unspecified atom stereocenters. The first kappa shape index (κ1) is 26.8. The molecule has 0 spiro atoms. The number of fused-ring (bicyclic) bond motifs is 1. The van der Waals surface area contributed by atoms with E-state index < -0.39 is 23.9 Å². The summed E-state index contributed by atoms with van der Waals surface area (Å²) in [4.78, 5) is 62.0. The Hall–Kier alpha value is -3.22. The number of likely N-dealkylation sites (N-methyl/N-ethyl adjacent to an activating group) is 1. The largest absolute Gasteiger partial charge is 0.345 e. The number of urea groups is 1. The van der Waals surface area contributed by atoms with Crippen molar-refractivity contribution < 1.29 is 19.2 Å². The summed E-state index contributed by atoms with van der Waals surface area (Å²) in [5.74, 6) is -1.82. The molecular weight excluding hydrogens is 518 g/mol. The highest BCUT2D eigenvalue weighted by molar-refractivity contribution is 7.14. The van der Waals surface area contributed by atoms with Crippen LogP contribution in [0.2, 0.25) is 5.02 Å². The highest BCUT2D eigenvalue weighted by Crippen LogP contribution is 2.28. The average Bonchev–Trinajstić information content (AvgIpc) is 3.29. The zero-order valence-corrected chi connectivity index (χ0v) is 22.5. The third-order valence-corrected chi connectivity index (χ3v) is 7.81. The summed E-state index contributed by atoms with van der Waals surface area (Å²) < 4.78 is 0. The number of carbonyl (C=O) groups excluding carboxylic acids is 4. The fourth-order valence-corrected chi connectivity index (χ4v) is 5.59. The lowest BCUT2D eigenvalue weighted by atomic mass is 9.98. The summed E-state index contributed by atoms with van der Waals surface area (Å²) in [6, 6.07) is 3.62. The topological polar surface area (TPSA) is 127 Å². The van der Waals surface area contributed by atoms with Crippen LogP contribution in [0.15, 0.2) is 24.4 Å². The molecule has 0 aliphatic carbocycles. The number of nitrogens with zero attached hydrogens (tertiary/aromatic N) is 4. The van der Waals surface area contributed by atoms with Crippen molar-refractivity contribution in [3.8, 4) is 0 Å². The number of rotatable bonds is 4. The summed E-state index contributed by atoms with van der Waals surface area (Å²) in [5.41, 5.74) is 1.15. The van der Waals surface area contributed by atoms with Crippen molar-refractivity contribution in [2.45, 2.75) is 31.5 Å². The summed E-state index contributed by atoms with van der Waals surface area (Å²) >= 11 is 7.28. The number of hydrogen-bond acceptors (Lipinski definition) is 7. The fraction of sp³-hybridized carbons (Fsp3) is 0.458. The van der Waals surface area contributed by atoms with Gasteiger partial charge < -0.3 is 30.7 Å². The molecule has 0 bridgehead atoms. The number of pyridine rings is 1. The first-order valence-electron chi connectivity index (χ1n) is 11.9. The second-order valence-electron chi connectivity index (χ2n) is 9.43. The SMILES string of the molecule is CN1CCc2sc(C(=O)N[C@@H]3CN(C(=O)N(C)C)CC[C@@H]3NC(=O)C(=O)Nc3ccc(Cl)cn3)cc2C1. The summed E-state index contributed by atoms with van der Waals surface area (Å²) in [5, 5.41) is 8.56. The van der Waals surface area contributed by atoms with E-state index >= 15 is 0 Å². The summed E-state index contributed by atoms with van der Waals surface area (Å²) in [6.45, 7) is 2.31. The van der Waals surface area contributed by atoms with Crippen molar-refractivity contribution in [1.82, 2.24) is 30.3 Å². The first-order chi connectivity index (χ1) is 17.6. The molecule has 3 N–H and O–H groups in total. The van der Waals surface area contributed by atoms with Crippen molar-refractivity contribution in [2.75, 3.05) is 46.1 Å². The molecule has 13 heteroatoms. The molecule has 0 radical (unpaired) electrons. The van der Waals surface area contributed by atoms with E-state index in [-0.39, 0.29) is 24.3 Å². The fourth-order valence-electron chi connectivity index (χ4n) is 4.41. The number of likely N-dealkylation sites (tertiary alicyclic amines) is 1. The van der Waals surface area contributed by atoms with E-state index in [2.05, 4.69) is 25.8 Å². The smallest absolute Gasteiger partial charge is 0.319 e. The number of piperidine rings is 1. The third-order valence-electron chi connectivity index (χ3n) is 6.36. The summed E-state index contributed by atoms with van der Waals surface area (Å²) in [7, 11) is 5.36. The Morgan fingerprint density at radius 2 is 1.89 bits per heavy atom. The number of anilines is 1. The Balaban J connectivity index is 1.45. The molecule has 2 aromatic heterocycles. The zero-order valence-electron chi connectivity index (χ0n) is 20.9. The Labute approximate surface area is 224 Å². The maximum Gasteiger partial charge on any atom is 0.319 e. The Morgan fingerprint density at radius 1 is 1.11 bits per heavy atom. The van der Waals surface area contributed by atoms with Gasteiger partial charge >= 0.3 is 17.8 Å². The van der Waals surface area contributed by atoms with Crippen LogP contribution in [0.25, 0.3) is 0 Å². The predicted octanol–water partition coefficient (Wildman–Crippen LogP) is 1.39. The van der Waals surface area contributed by atoms with E-state index in [9.17, 15) is 19.2 Å². The summed E-state index contributed by atoms with van der Waals surface area (Å²) in [6.07, 6.45) is 2.63. The minimum atomic E-state index is -0.887. The van der Waals surface area contributed by atoms with Gasteiger partial charge in [-0.25, -0.2) is 9.78 Å². The van der Waals surface area contributed by atoms with Crippen LogP contribution in [0.4, 0.5) is 10.6 Å². The number of aromatic nitrogens is 1. The normalized spacial score (nSPS) is 19.5. The van der Waals surface area contributed by atoms with Crippen LogP contribution in [0.3, 0.4) is 0 Å². The van der Waals surface area contributed by atoms with Crippen LogP contribution in [-0.2, 0) is 22.6 Å². The van der Waals surface area contributed by atoms with E-state index in [4.69, 9.17) is 11.6 Å². The van der Waals surface area contributed by atoms with Gasteiger partial charge in [-0.05, 0) is 43.7 Å². The quantitative estimate of drug-likeness (QED) is 0.497. The molecule has 11 nitrogen and oxygen atoms in total. The second-order valence-corrected chi connectivity index (χ2v) is 11.0. The van der Waals surface area contributed by atoms with Crippen LogP contribution < -0.4 is 16.0 Å². The molecule has 4 heterocycles. The van der Waals surface area contributed by atoms with Gasteiger partial charge in [0.2, 0.25) is 0 Å². The minimum Gasteiger partial charge on any atom is -0.345 e. The number of hydrogen-bond donors (Lipinski definition) is 3. The highest BCUT2D eigenvalue weighted by atomic mass is 35.5. The van der Waals surface area contributed by atoms with Gasteiger partial charge in [0.15, 0.2) is 0 Å². The molecule has 37 heavy (non-hydrogen) atoms. The third kappa shape index (κ3) is 6.56. The maximum atomic E-state index is 13.2. The van der Waals surface area contributed by atoms with E-state index in [0.717, 1.165) is 25.1 Å². The van der Waals surface area contributed by atoms with Gasteiger partial charge in [-0.3, -0.25) is 14.4 Å². The zero-order chi connectivity index (χ0) is 26.7. The minimum absolute atomic E-state index is 0.188. The van der Waals surface area contributed by atoms with Gasteiger partial charge in [0.25, 0.3) is 5.91 Å². The van der Waals surface area contributed by atoms with Gasteiger partial charge in [-0.2, -0.15) is 0 Å². The second kappa shape index (κ2) is 11.4. The highest BCUT2D eigenvalue weighted by Gasteiger charge is 2.35. The molecule has 198 valence electrons. The molecule has 0 saturated carbocycles. The molecular formula is C24H30ClN7O4S. The predicted molar refractivity (Wildman–Crippen MR) is 141 cm³/mol.